The van der Waals surface area contributed by atoms with Gasteiger partial charge < -0.3 is 14.7 Å². The highest BCUT2D eigenvalue weighted by Gasteiger charge is 2.37. The van der Waals surface area contributed by atoms with E-state index in [4.69, 9.17) is 4.74 Å². The minimum absolute atomic E-state index is 0.0993. The fourth-order valence-electron chi connectivity index (χ4n) is 2.73. The van der Waals surface area contributed by atoms with Gasteiger partial charge in [0, 0.05) is 24.0 Å². The van der Waals surface area contributed by atoms with Gasteiger partial charge in [-0.3, -0.25) is 10.1 Å². The first kappa shape index (κ1) is 12.8. The highest BCUT2D eigenvalue weighted by molar-refractivity contribution is 7.16. The van der Waals surface area contributed by atoms with Gasteiger partial charge in [-0.15, -0.1) is 11.3 Å². The van der Waals surface area contributed by atoms with E-state index in [1.54, 1.807) is 6.92 Å². The smallest absolute Gasteiger partial charge is 0.304 e. The second kappa shape index (κ2) is 4.73. The fraction of sp³-hybridized carbons (Fsp3) is 0.667. The summed E-state index contributed by atoms with van der Waals surface area (Å²) in [6, 6.07) is 1.49. The van der Waals surface area contributed by atoms with Crippen LogP contribution in [0.3, 0.4) is 0 Å². The van der Waals surface area contributed by atoms with Gasteiger partial charge in [-0.25, -0.2) is 0 Å². The van der Waals surface area contributed by atoms with Gasteiger partial charge in [-0.05, 0) is 19.8 Å². The molecule has 2 aliphatic rings. The van der Waals surface area contributed by atoms with E-state index in [1.807, 2.05) is 4.90 Å². The summed E-state index contributed by atoms with van der Waals surface area (Å²) in [5.41, 5.74) is 0.0993. The van der Waals surface area contributed by atoms with E-state index in [9.17, 15) is 15.2 Å². The van der Waals surface area contributed by atoms with Gasteiger partial charge in [0.15, 0.2) is 5.00 Å². The number of fused-ring (bicyclic) bond motifs is 2. The summed E-state index contributed by atoms with van der Waals surface area (Å²) in [4.78, 5) is 13.5. The summed E-state index contributed by atoms with van der Waals surface area (Å²) < 4.78 is 5.75. The Bertz CT molecular complexity index is 490. The molecule has 6 nitrogen and oxygen atoms in total. The number of morpholine rings is 1. The van der Waals surface area contributed by atoms with Crippen LogP contribution >= 0.6 is 11.3 Å². The number of hydrogen-bond donors (Lipinski definition) is 1. The molecular weight excluding hydrogens is 268 g/mol. The van der Waals surface area contributed by atoms with Crippen LogP contribution in [0.1, 0.15) is 30.7 Å². The van der Waals surface area contributed by atoms with E-state index in [0.717, 1.165) is 12.8 Å². The molecule has 0 spiro atoms. The van der Waals surface area contributed by atoms with Crippen molar-refractivity contribution in [2.24, 2.45) is 0 Å². The van der Waals surface area contributed by atoms with Crippen LogP contribution in [0, 0.1) is 10.1 Å². The van der Waals surface area contributed by atoms with Gasteiger partial charge >= 0.3 is 5.69 Å². The second-order valence-corrected chi connectivity index (χ2v) is 6.20. The lowest BCUT2D eigenvalue weighted by atomic mass is 10.2. The van der Waals surface area contributed by atoms with E-state index >= 15 is 0 Å². The SMILES string of the molecule is C[C@H](O)c1cc([N+](=O)[O-])c(N2CC3CCC(C2)O3)s1. The van der Waals surface area contributed by atoms with Crippen LogP contribution in [0.2, 0.25) is 0 Å². The summed E-state index contributed by atoms with van der Waals surface area (Å²) >= 11 is 1.31. The number of rotatable bonds is 3. The van der Waals surface area contributed by atoms with Crippen molar-refractivity contribution in [1.29, 1.82) is 0 Å². The van der Waals surface area contributed by atoms with Gasteiger partial charge in [-0.1, -0.05) is 0 Å². The number of thiophene rings is 1. The van der Waals surface area contributed by atoms with E-state index in [1.165, 1.54) is 17.4 Å². The van der Waals surface area contributed by atoms with Crippen molar-refractivity contribution in [1.82, 2.24) is 0 Å². The molecule has 3 atom stereocenters. The predicted octanol–water partition coefficient (Wildman–Crippen LogP) is 2.08. The first-order chi connectivity index (χ1) is 9.04. The van der Waals surface area contributed by atoms with Crippen LogP contribution in [-0.2, 0) is 4.74 Å². The minimum Gasteiger partial charge on any atom is -0.388 e. The number of aliphatic hydroxyl groups is 1. The quantitative estimate of drug-likeness (QED) is 0.679. The molecule has 0 aliphatic carbocycles. The van der Waals surface area contributed by atoms with Gasteiger partial charge in [0.1, 0.15) is 0 Å². The van der Waals surface area contributed by atoms with Gasteiger partial charge in [0.2, 0.25) is 0 Å². The van der Waals surface area contributed by atoms with E-state index in [-0.39, 0.29) is 22.8 Å². The zero-order chi connectivity index (χ0) is 13.6. The van der Waals surface area contributed by atoms with E-state index in [2.05, 4.69) is 0 Å². The molecular formula is C12H16N2O4S. The lowest BCUT2D eigenvalue weighted by Crippen LogP contribution is -2.42. The number of nitrogens with zero attached hydrogens (tertiary/aromatic N) is 2. The summed E-state index contributed by atoms with van der Waals surface area (Å²) in [5.74, 6) is 0. The largest absolute Gasteiger partial charge is 0.388 e. The van der Waals surface area contributed by atoms with E-state index in [0.29, 0.717) is 23.0 Å². The van der Waals surface area contributed by atoms with Crippen LogP contribution in [0.4, 0.5) is 10.7 Å². The maximum atomic E-state index is 11.2. The molecule has 0 radical (unpaired) electrons. The molecule has 2 aliphatic heterocycles. The lowest BCUT2D eigenvalue weighted by Gasteiger charge is -2.32. The molecule has 3 rings (SSSR count). The maximum Gasteiger partial charge on any atom is 0.304 e. The van der Waals surface area contributed by atoms with Crippen molar-refractivity contribution in [3.05, 3.63) is 21.1 Å². The molecule has 2 saturated heterocycles. The average Bonchev–Trinajstić information content (AvgIpc) is 2.93. The zero-order valence-electron chi connectivity index (χ0n) is 10.6. The summed E-state index contributed by atoms with van der Waals surface area (Å²) in [6.07, 6.45) is 1.77. The van der Waals surface area contributed by atoms with Crippen molar-refractivity contribution in [2.45, 2.75) is 38.1 Å². The molecule has 1 aromatic heterocycles. The minimum atomic E-state index is -0.671. The second-order valence-electron chi connectivity index (χ2n) is 5.13. The van der Waals surface area contributed by atoms with Crippen LogP contribution in [0.25, 0.3) is 0 Å². The monoisotopic (exact) mass is 284 g/mol. The molecule has 2 fully saturated rings. The van der Waals surface area contributed by atoms with Crippen molar-refractivity contribution in [3.63, 3.8) is 0 Å². The third-order valence-corrected chi connectivity index (χ3v) is 5.01. The molecule has 104 valence electrons. The third kappa shape index (κ3) is 2.33. The highest BCUT2D eigenvalue weighted by Crippen LogP contribution is 2.42. The van der Waals surface area contributed by atoms with Crippen LogP contribution in [0.5, 0.6) is 0 Å². The summed E-state index contributed by atoms with van der Waals surface area (Å²) in [5, 5.41) is 21.4. The Kier molecular flexibility index (Phi) is 3.20. The van der Waals surface area contributed by atoms with Crippen molar-refractivity contribution >= 4 is 22.0 Å². The standard InChI is InChI=1S/C12H16N2O4S/c1-7(15)11-4-10(14(16)17)12(19-11)13-5-8-2-3-9(6-13)18-8/h4,7-9,15H,2-3,5-6H2,1H3/t7-,8?,9?/m0/s1. The molecule has 2 bridgehead atoms. The number of nitro groups is 1. The van der Waals surface area contributed by atoms with Crippen LogP contribution in [0.15, 0.2) is 6.07 Å². The maximum absolute atomic E-state index is 11.2. The molecule has 3 heterocycles. The Balaban J connectivity index is 1.92. The number of ether oxygens (including phenoxy) is 1. The Hall–Kier alpha value is -1.18. The molecule has 2 unspecified atom stereocenters. The van der Waals surface area contributed by atoms with Crippen LogP contribution < -0.4 is 4.90 Å². The number of aliphatic hydroxyl groups excluding tert-OH is 1. The summed E-state index contributed by atoms with van der Waals surface area (Å²) in [6.45, 7) is 3.04. The van der Waals surface area contributed by atoms with E-state index < -0.39 is 6.10 Å². The molecule has 19 heavy (non-hydrogen) atoms. The van der Waals surface area contributed by atoms with Crippen molar-refractivity contribution in [2.75, 3.05) is 18.0 Å². The summed E-state index contributed by atoms with van der Waals surface area (Å²) in [7, 11) is 0. The molecule has 1 aromatic rings. The van der Waals surface area contributed by atoms with Gasteiger partial charge in [0.05, 0.1) is 23.2 Å². The Labute approximate surface area is 114 Å². The van der Waals surface area contributed by atoms with Gasteiger partial charge in [0.25, 0.3) is 0 Å². The zero-order valence-corrected chi connectivity index (χ0v) is 11.4. The average molecular weight is 284 g/mol. The van der Waals surface area contributed by atoms with Gasteiger partial charge in [-0.2, -0.15) is 0 Å². The normalized spacial score (nSPS) is 27.6. The fourth-order valence-corrected chi connectivity index (χ4v) is 3.81. The molecule has 0 aromatic carbocycles. The molecule has 0 amide bonds. The van der Waals surface area contributed by atoms with Crippen molar-refractivity contribution in [3.8, 4) is 0 Å². The topological polar surface area (TPSA) is 75.8 Å². The number of anilines is 1. The number of hydrogen-bond acceptors (Lipinski definition) is 6. The Morgan fingerprint density at radius 1 is 1.53 bits per heavy atom. The lowest BCUT2D eigenvalue weighted by molar-refractivity contribution is -0.383. The first-order valence-electron chi connectivity index (χ1n) is 6.41. The highest BCUT2D eigenvalue weighted by atomic mass is 32.1. The first-order valence-corrected chi connectivity index (χ1v) is 7.23. The van der Waals surface area contributed by atoms with Crippen LogP contribution in [-0.4, -0.2) is 35.3 Å². The molecule has 0 saturated carbocycles. The van der Waals surface area contributed by atoms with Crippen molar-refractivity contribution < 1.29 is 14.8 Å². The Morgan fingerprint density at radius 3 is 2.68 bits per heavy atom. The molecule has 1 N–H and O–H groups in total. The third-order valence-electron chi connectivity index (χ3n) is 3.65. The predicted molar refractivity (Wildman–Crippen MR) is 71.7 cm³/mol. The molecule has 7 heteroatoms. The Morgan fingerprint density at radius 2 is 2.16 bits per heavy atom.